The molecule has 28 heavy (non-hydrogen) atoms. The van der Waals surface area contributed by atoms with Gasteiger partial charge >= 0.3 is 0 Å². The molecule has 1 saturated heterocycles. The molecule has 0 aromatic rings. The molecule has 1 atom stereocenters. The van der Waals surface area contributed by atoms with Crippen LogP contribution in [0, 0.1) is 0 Å². The van der Waals surface area contributed by atoms with E-state index in [2.05, 4.69) is 10.2 Å². The Hall–Kier alpha value is -1.83. The maximum absolute atomic E-state index is 12.5. The highest BCUT2D eigenvalue weighted by Gasteiger charge is 2.33. The maximum Gasteiger partial charge on any atom is 0.251 e. The first-order valence-electron chi connectivity index (χ1n) is 9.92. The number of amides is 1. The van der Waals surface area contributed by atoms with Crippen molar-refractivity contribution in [1.82, 2.24) is 10.2 Å². The molecule has 1 amide bonds. The van der Waals surface area contributed by atoms with E-state index in [1.165, 1.54) is 6.92 Å². The van der Waals surface area contributed by atoms with E-state index in [0.717, 1.165) is 39.3 Å². The largest absolute Gasteiger partial charge is 0.380 e. The lowest BCUT2D eigenvalue weighted by Crippen LogP contribution is -2.45. The minimum atomic E-state index is -1.60. The molecule has 2 aliphatic rings. The Kier molecular flexibility index (Phi) is 7.69. The highest BCUT2D eigenvalue weighted by Crippen LogP contribution is 2.28. The van der Waals surface area contributed by atoms with Crippen molar-refractivity contribution >= 4 is 17.5 Å². The number of carbonyl (C=O) groups excluding carboxylic acids is 3. The number of Topliss-reactive ketones (excluding diaryl/α,β-unsaturated/α-hetero) is 2. The lowest BCUT2D eigenvalue weighted by Gasteiger charge is -2.27. The Balaban J connectivity index is 1.82. The zero-order valence-corrected chi connectivity index (χ0v) is 17.4. The Labute approximate surface area is 166 Å². The molecule has 1 aliphatic heterocycles. The summed E-state index contributed by atoms with van der Waals surface area (Å²) in [6, 6.07) is 0. The van der Waals surface area contributed by atoms with Crippen LogP contribution < -0.4 is 5.32 Å². The van der Waals surface area contributed by atoms with Crippen LogP contribution in [0.4, 0.5) is 0 Å². The Morgan fingerprint density at radius 1 is 1.11 bits per heavy atom. The molecule has 2 rings (SSSR count). The molecule has 1 heterocycles. The molecule has 0 radical (unpaired) electrons. The van der Waals surface area contributed by atoms with Gasteiger partial charge < -0.3 is 15.2 Å². The van der Waals surface area contributed by atoms with Gasteiger partial charge in [-0.2, -0.15) is 0 Å². The molecule has 7 heteroatoms. The summed E-state index contributed by atoms with van der Waals surface area (Å²) in [6.07, 6.45) is 1.07. The molecular formula is C21H32N2O5. The Bertz CT molecular complexity index is 700. The molecule has 1 aliphatic carbocycles. The number of carbonyl (C=O) groups is 3. The molecule has 156 valence electrons. The molecule has 2 N–H and O–H groups in total. The topological polar surface area (TPSA) is 95.9 Å². The lowest BCUT2D eigenvalue weighted by molar-refractivity contribution is -0.138. The molecular weight excluding hydrogens is 360 g/mol. The van der Waals surface area contributed by atoms with Gasteiger partial charge in [0.2, 0.25) is 0 Å². The van der Waals surface area contributed by atoms with Gasteiger partial charge in [0.25, 0.3) is 5.91 Å². The number of aliphatic hydroxyl groups is 1. The van der Waals surface area contributed by atoms with Gasteiger partial charge in [0.1, 0.15) is 5.60 Å². The standard InChI is InChI=1S/C21H32N2O5/c1-14-15(2)19(25)17(16(3)18(14)24)6-7-21(4,27)20(26)22-8-5-9-23-10-12-28-13-11-23/h27H,5-13H2,1-4H3,(H,22,26). The number of nitrogens with zero attached hydrogens (tertiary/aromatic N) is 1. The average Bonchev–Trinajstić information content (AvgIpc) is 2.68. The summed E-state index contributed by atoms with van der Waals surface area (Å²) in [4.78, 5) is 39.4. The summed E-state index contributed by atoms with van der Waals surface area (Å²) >= 11 is 0. The smallest absolute Gasteiger partial charge is 0.251 e. The molecule has 0 bridgehead atoms. The molecule has 0 spiro atoms. The van der Waals surface area contributed by atoms with E-state index in [-0.39, 0.29) is 24.4 Å². The summed E-state index contributed by atoms with van der Waals surface area (Å²) in [5.74, 6) is -0.763. The van der Waals surface area contributed by atoms with Crippen molar-refractivity contribution in [2.75, 3.05) is 39.4 Å². The molecule has 0 aromatic heterocycles. The molecule has 1 unspecified atom stereocenters. The van der Waals surface area contributed by atoms with E-state index < -0.39 is 11.5 Å². The van der Waals surface area contributed by atoms with Crippen LogP contribution in [0.1, 0.15) is 47.0 Å². The van der Waals surface area contributed by atoms with Crippen molar-refractivity contribution in [1.29, 1.82) is 0 Å². The lowest BCUT2D eigenvalue weighted by atomic mass is 9.82. The van der Waals surface area contributed by atoms with E-state index in [0.29, 0.717) is 28.8 Å². The van der Waals surface area contributed by atoms with Gasteiger partial charge in [-0.05, 0) is 53.5 Å². The van der Waals surface area contributed by atoms with Crippen molar-refractivity contribution in [3.63, 3.8) is 0 Å². The van der Waals surface area contributed by atoms with Gasteiger partial charge in [-0.3, -0.25) is 19.3 Å². The van der Waals surface area contributed by atoms with Crippen LogP contribution in [0.15, 0.2) is 22.3 Å². The Morgan fingerprint density at radius 3 is 2.36 bits per heavy atom. The van der Waals surface area contributed by atoms with Gasteiger partial charge in [0, 0.05) is 41.9 Å². The highest BCUT2D eigenvalue weighted by molar-refractivity contribution is 6.24. The van der Waals surface area contributed by atoms with Crippen molar-refractivity contribution in [3.05, 3.63) is 22.3 Å². The van der Waals surface area contributed by atoms with E-state index in [1.807, 2.05) is 0 Å². The van der Waals surface area contributed by atoms with Crippen LogP contribution >= 0.6 is 0 Å². The van der Waals surface area contributed by atoms with Crippen LogP contribution in [-0.4, -0.2) is 72.5 Å². The number of hydrogen-bond donors (Lipinski definition) is 2. The monoisotopic (exact) mass is 392 g/mol. The predicted octanol–water partition coefficient (Wildman–Crippen LogP) is 1.16. The zero-order chi connectivity index (χ0) is 20.9. The first kappa shape index (κ1) is 22.5. The van der Waals surface area contributed by atoms with Crippen molar-refractivity contribution in [2.45, 2.75) is 52.6 Å². The van der Waals surface area contributed by atoms with Crippen LogP contribution in [0.5, 0.6) is 0 Å². The number of allylic oxidation sites excluding steroid dienone is 4. The minimum absolute atomic E-state index is 0.0836. The number of morpholine rings is 1. The maximum atomic E-state index is 12.5. The van der Waals surface area contributed by atoms with Gasteiger partial charge in [-0.25, -0.2) is 0 Å². The van der Waals surface area contributed by atoms with Crippen molar-refractivity contribution in [2.24, 2.45) is 0 Å². The summed E-state index contributed by atoms with van der Waals surface area (Å²) < 4.78 is 5.30. The number of ether oxygens (including phenoxy) is 1. The van der Waals surface area contributed by atoms with E-state index in [9.17, 15) is 19.5 Å². The second-order valence-corrected chi connectivity index (χ2v) is 7.85. The van der Waals surface area contributed by atoms with Crippen LogP contribution in [0.3, 0.4) is 0 Å². The summed E-state index contributed by atoms with van der Waals surface area (Å²) in [6.45, 7) is 11.0. The van der Waals surface area contributed by atoms with E-state index in [4.69, 9.17) is 4.74 Å². The molecule has 1 fully saturated rings. The van der Waals surface area contributed by atoms with Gasteiger partial charge in [0.05, 0.1) is 13.2 Å². The number of rotatable bonds is 8. The van der Waals surface area contributed by atoms with E-state index >= 15 is 0 Å². The third-order valence-electron chi connectivity index (χ3n) is 5.70. The van der Waals surface area contributed by atoms with Gasteiger partial charge in [-0.1, -0.05) is 0 Å². The quantitative estimate of drug-likeness (QED) is 0.475. The summed E-state index contributed by atoms with van der Waals surface area (Å²) in [5.41, 5.74) is 0.122. The molecule has 7 nitrogen and oxygen atoms in total. The highest BCUT2D eigenvalue weighted by atomic mass is 16.5. The zero-order valence-electron chi connectivity index (χ0n) is 17.4. The predicted molar refractivity (Wildman–Crippen MR) is 106 cm³/mol. The first-order chi connectivity index (χ1) is 13.1. The van der Waals surface area contributed by atoms with Crippen LogP contribution in [0.25, 0.3) is 0 Å². The summed E-state index contributed by atoms with van der Waals surface area (Å²) in [7, 11) is 0. The Morgan fingerprint density at radius 2 is 1.71 bits per heavy atom. The van der Waals surface area contributed by atoms with Gasteiger partial charge in [-0.15, -0.1) is 0 Å². The number of ketones is 2. The van der Waals surface area contributed by atoms with Gasteiger partial charge in [0.15, 0.2) is 11.6 Å². The molecule has 0 aromatic carbocycles. The average molecular weight is 392 g/mol. The second-order valence-electron chi connectivity index (χ2n) is 7.85. The third kappa shape index (κ3) is 5.37. The second kappa shape index (κ2) is 9.58. The minimum Gasteiger partial charge on any atom is -0.380 e. The van der Waals surface area contributed by atoms with Crippen molar-refractivity contribution < 1.29 is 24.2 Å². The van der Waals surface area contributed by atoms with Crippen LogP contribution in [-0.2, 0) is 19.1 Å². The molecule has 0 saturated carbocycles. The fraction of sp³-hybridized carbons (Fsp3) is 0.667. The first-order valence-corrected chi connectivity index (χ1v) is 9.92. The SMILES string of the molecule is CC1=C(C)C(=O)C(CCC(C)(O)C(=O)NCCCN2CCOCC2)=C(C)C1=O. The summed E-state index contributed by atoms with van der Waals surface area (Å²) in [5, 5.41) is 13.3. The van der Waals surface area contributed by atoms with E-state index in [1.54, 1.807) is 20.8 Å². The normalized spacial score (nSPS) is 21.2. The third-order valence-corrected chi connectivity index (χ3v) is 5.70. The fourth-order valence-corrected chi connectivity index (χ4v) is 3.46. The van der Waals surface area contributed by atoms with Crippen molar-refractivity contribution in [3.8, 4) is 0 Å². The number of nitrogens with one attached hydrogen (secondary N) is 1. The number of hydrogen-bond acceptors (Lipinski definition) is 6. The van der Waals surface area contributed by atoms with Crippen LogP contribution in [0.2, 0.25) is 0 Å². The fourth-order valence-electron chi connectivity index (χ4n) is 3.46.